The molecular weight excluding hydrogens is 458 g/mol. The highest BCUT2D eigenvalue weighted by Gasteiger charge is 2.36. The Kier molecular flexibility index (Phi) is 6.99. The molecule has 0 spiro atoms. The number of anilines is 2. The highest BCUT2D eigenvalue weighted by atomic mass is 32.2. The summed E-state index contributed by atoms with van der Waals surface area (Å²) in [5.74, 6) is -0.569. The molecule has 1 N–H and O–H groups in total. The highest BCUT2D eigenvalue weighted by molar-refractivity contribution is 8.01. The number of carbonyl (C=O) groups excluding carboxylic acids is 2. The van der Waals surface area contributed by atoms with Gasteiger partial charge in [0.2, 0.25) is 11.8 Å². The van der Waals surface area contributed by atoms with Crippen LogP contribution in [0.3, 0.4) is 0 Å². The van der Waals surface area contributed by atoms with Gasteiger partial charge in [-0.25, -0.2) is 8.42 Å². The van der Waals surface area contributed by atoms with E-state index < -0.39 is 21.2 Å². The SMILES string of the molecule is CCN(c1cccc(C)c1)S(=O)(=O)c1ccc2c(c1)NC(=O)[C@H](C(=O)N1CCCCCC1)S2. The number of amides is 2. The number of hydrogen-bond acceptors (Lipinski definition) is 5. The van der Waals surface area contributed by atoms with Crippen LogP contribution in [0.4, 0.5) is 11.4 Å². The number of nitrogens with one attached hydrogen (secondary N) is 1. The van der Waals surface area contributed by atoms with Crippen LogP contribution in [0.5, 0.6) is 0 Å². The van der Waals surface area contributed by atoms with E-state index in [9.17, 15) is 18.0 Å². The van der Waals surface area contributed by atoms with Crippen molar-refractivity contribution < 1.29 is 18.0 Å². The van der Waals surface area contributed by atoms with Crippen LogP contribution >= 0.6 is 11.8 Å². The fourth-order valence-electron chi connectivity index (χ4n) is 4.27. The van der Waals surface area contributed by atoms with Crippen LogP contribution in [0.25, 0.3) is 0 Å². The molecule has 1 saturated heterocycles. The Morgan fingerprint density at radius 1 is 1.12 bits per heavy atom. The fraction of sp³-hybridized carbons (Fsp3) is 0.417. The number of rotatable bonds is 5. The maximum absolute atomic E-state index is 13.4. The Bertz CT molecular complexity index is 1160. The van der Waals surface area contributed by atoms with Crippen LogP contribution in [0.1, 0.15) is 38.2 Å². The largest absolute Gasteiger partial charge is 0.341 e. The van der Waals surface area contributed by atoms with Gasteiger partial charge < -0.3 is 10.2 Å². The molecule has 176 valence electrons. The number of thioether (sulfide) groups is 1. The van der Waals surface area contributed by atoms with E-state index in [2.05, 4.69) is 5.32 Å². The Morgan fingerprint density at radius 3 is 2.52 bits per heavy atom. The molecular formula is C24H29N3O4S2. The molecule has 1 atom stereocenters. The normalized spacial score (nSPS) is 18.8. The number of fused-ring (bicyclic) bond motifs is 1. The topological polar surface area (TPSA) is 86.8 Å². The van der Waals surface area contributed by atoms with Crippen molar-refractivity contribution in [2.75, 3.05) is 29.3 Å². The molecule has 0 aromatic heterocycles. The predicted molar refractivity (Wildman–Crippen MR) is 131 cm³/mol. The molecule has 7 nitrogen and oxygen atoms in total. The monoisotopic (exact) mass is 487 g/mol. The predicted octanol–water partition coefficient (Wildman–Crippen LogP) is 4.03. The van der Waals surface area contributed by atoms with Gasteiger partial charge >= 0.3 is 0 Å². The molecule has 0 radical (unpaired) electrons. The summed E-state index contributed by atoms with van der Waals surface area (Å²) >= 11 is 1.19. The van der Waals surface area contributed by atoms with Crippen molar-refractivity contribution in [1.29, 1.82) is 0 Å². The average molecular weight is 488 g/mol. The first-order chi connectivity index (χ1) is 15.8. The van der Waals surface area contributed by atoms with Gasteiger partial charge in [-0.3, -0.25) is 13.9 Å². The molecule has 2 amide bonds. The Morgan fingerprint density at radius 2 is 1.85 bits per heavy atom. The lowest BCUT2D eigenvalue weighted by Gasteiger charge is -2.29. The van der Waals surface area contributed by atoms with E-state index in [0.29, 0.717) is 29.4 Å². The van der Waals surface area contributed by atoms with Crippen molar-refractivity contribution in [3.8, 4) is 0 Å². The van der Waals surface area contributed by atoms with Crippen LogP contribution in [0.2, 0.25) is 0 Å². The zero-order chi connectivity index (χ0) is 23.6. The quantitative estimate of drug-likeness (QED) is 0.644. The average Bonchev–Trinajstić information content (AvgIpc) is 3.08. The van der Waals surface area contributed by atoms with E-state index in [-0.39, 0.29) is 17.3 Å². The summed E-state index contributed by atoms with van der Waals surface area (Å²) in [4.78, 5) is 28.4. The lowest BCUT2D eigenvalue weighted by Crippen LogP contribution is -2.45. The molecule has 4 rings (SSSR count). The summed E-state index contributed by atoms with van der Waals surface area (Å²) in [7, 11) is -3.83. The lowest BCUT2D eigenvalue weighted by atomic mass is 10.2. The summed E-state index contributed by atoms with van der Waals surface area (Å²) in [6, 6.07) is 12.1. The number of benzene rings is 2. The molecule has 33 heavy (non-hydrogen) atoms. The van der Waals surface area contributed by atoms with E-state index in [1.807, 2.05) is 25.1 Å². The minimum atomic E-state index is -3.83. The van der Waals surface area contributed by atoms with Gasteiger partial charge in [-0.05, 0) is 62.6 Å². The van der Waals surface area contributed by atoms with Gasteiger partial charge in [0.25, 0.3) is 10.0 Å². The number of carbonyl (C=O) groups is 2. The van der Waals surface area contributed by atoms with Gasteiger partial charge in [0.15, 0.2) is 5.25 Å². The number of nitrogens with zero attached hydrogens (tertiary/aromatic N) is 2. The molecule has 1 fully saturated rings. The molecule has 2 aromatic rings. The minimum absolute atomic E-state index is 0.0998. The Labute approximate surface area is 199 Å². The second kappa shape index (κ2) is 9.77. The van der Waals surface area contributed by atoms with Crippen molar-refractivity contribution in [2.24, 2.45) is 0 Å². The third-order valence-corrected chi connectivity index (χ3v) is 9.16. The van der Waals surface area contributed by atoms with E-state index in [0.717, 1.165) is 31.2 Å². The second-order valence-corrected chi connectivity index (χ2v) is 11.4. The number of hydrogen-bond donors (Lipinski definition) is 1. The first kappa shape index (κ1) is 23.6. The fourth-order valence-corrected chi connectivity index (χ4v) is 6.82. The summed E-state index contributed by atoms with van der Waals surface area (Å²) < 4.78 is 28.2. The van der Waals surface area contributed by atoms with Gasteiger partial charge in [0.1, 0.15) is 0 Å². The Hall–Kier alpha value is -2.52. The zero-order valence-electron chi connectivity index (χ0n) is 18.9. The standard InChI is InChI=1S/C24H29N3O4S2/c1-3-27(18-10-8-9-17(2)15-18)33(30,31)19-11-12-21-20(16-19)25-23(28)22(32-21)24(29)26-13-6-4-5-7-14-26/h8-12,15-16,22H,3-7,13-14H2,1-2H3,(H,25,28)/t22-/m1/s1. The summed E-state index contributed by atoms with van der Waals surface area (Å²) in [5.41, 5.74) is 1.98. The molecule has 0 saturated carbocycles. The minimum Gasteiger partial charge on any atom is -0.341 e. The summed E-state index contributed by atoms with van der Waals surface area (Å²) in [6.45, 7) is 5.34. The smallest absolute Gasteiger partial charge is 0.264 e. The van der Waals surface area contributed by atoms with Crippen LogP contribution in [-0.2, 0) is 19.6 Å². The summed E-state index contributed by atoms with van der Waals surface area (Å²) in [6.07, 6.45) is 4.12. The molecule has 9 heteroatoms. The molecule has 0 bridgehead atoms. The number of sulfonamides is 1. The molecule has 0 unspecified atom stereocenters. The van der Waals surface area contributed by atoms with Gasteiger partial charge in [-0.1, -0.05) is 25.0 Å². The second-order valence-electron chi connectivity index (χ2n) is 8.39. The van der Waals surface area contributed by atoms with Crippen molar-refractivity contribution in [1.82, 2.24) is 4.90 Å². The third-order valence-electron chi connectivity index (χ3n) is 6.00. The van der Waals surface area contributed by atoms with Crippen molar-refractivity contribution in [2.45, 2.75) is 54.6 Å². The van der Waals surface area contributed by atoms with E-state index in [4.69, 9.17) is 0 Å². The summed E-state index contributed by atoms with van der Waals surface area (Å²) in [5, 5.41) is 1.92. The lowest BCUT2D eigenvalue weighted by molar-refractivity contribution is -0.133. The van der Waals surface area contributed by atoms with Gasteiger partial charge in [0, 0.05) is 24.5 Å². The third kappa shape index (κ3) is 4.89. The van der Waals surface area contributed by atoms with Crippen molar-refractivity contribution >= 4 is 45.0 Å². The first-order valence-electron chi connectivity index (χ1n) is 11.3. The maximum Gasteiger partial charge on any atom is 0.264 e. The van der Waals surface area contributed by atoms with Crippen LogP contribution in [-0.4, -0.2) is 50.0 Å². The van der Waals surface area contributed by atoms with E-state index in [1.165, 1.54) is 22.1 Å². The molecule has 2 aliphatic heterocycles. The van der Waals surface area contributed by atoms with Gasteiger partial charge in [0.05, 0.1) is 16.3 Å². The first-order valence-corrected chi connectivity index (χ1v) is 13.6. The molecule has 2 aliphatic rings. The van der Waals surface area contributed by atoms with Gasteiger partial charge in [-0.2, -0.15) is 0 Å². The molecule has 2 heterocycles. The number of likely N-dealkylation sites (tertiary alicyclic amines) is 1. The van der Waals surface area contributed by atoms with Crippen molar-refractivity contribution in [3.63, 3.8) is 0 Å². The van der Waals surface area contributed by atoms with E-state index >= 15 is 0 Å². The molecule has 0 aliphatic carbocycles. The zero-order valence-corrected chi connectivity index (χ0v) is 20.5. The maximum atomic E-state index is 13.4. The van der Waals surface area contributed by atoms with Crippen LogP contribution in [0.15, 0.2) is 52.3 Å². The van der Waals surface area contributed by atoms with Crippen LogP contribution in [0, 0.1) is 6.92 Å². The number of aryl methyl sites for hydroxylation is 1. The highest BCUT2D eigenvalue weighted by Crippen LogP contribution is 2.38. The van der Waals surface area contributed by atoms with E-state index in [1.54, 1.807) is 30.0 Å². The van der Waals surface area contributed by atoms with Crippen LogP contribution < -0.4 is 9.62 Å². The molecule has 2 aromatic carbocycles. The van der Waals surface area contributed by atoms with Crippen molar-refractivity contribution in [3.05, 3.63) is 48.0 Å². The Balaban J connectivity index is 1.58. The van der Waals surface area contributed by atoms with Gasteiger partial charge in [-0.15, -0.1) is 11.8 Å².